The van der Waals surface area contributed by atoms with Crippen molar-refractivity contribution in [2.24, 2.45) is 0 Å². The van der Waals surface area contributed by atoms with Crippen molar-refractivity contribution in [2.45, 2.75) is 18.8 Å². The highest BCUT2D eigenvalue weighted by Gasteiger charge is 2.28. The predicted octanol–water partition coefficient (Wildman–Crippen LogP) is 4.50. The molecule has 1 aliphatic carbocycles. The molecule has 0 saturated heterocycles. The topological polar surface area (TPSA) is 58.6 Å². The van der Waals surface area contributed by atoms with Gasteiger partial charge in [-0.15, -0.1) is 0 Å². The van der Waals surface area contributed by atoms with Gasteiger partial charge in [0.15, 0.2) is 0 Å². The van der Waals surface area contributed by atoms with Crippen LogP contribution in [0.15, 0.2) is 72.8 Å². The Morgan fingerprint density at radius 2 is 1.68 bits per heavy atom. The summed E-state index contributed by atoms with van der Waals surface area (Å²) in [7, 11) is 0. The maximum atomic E-state index is 12.2. The zero-order valence-electron chi connectivity index (χ0n) is 17.3. The number of fused-ring (bicyclic) bond motifs is 3. The summed E-state index contributed by atoms with van der Waals surface area (Å²) in [6.07, 6.45) is 0.737. The molecule has 0 spiro atoms. The maximum Gasteiger partial charge on any atom is 0.407 e. The molecule has 31 heavy (non-hydrogen) atoms. The maximum absolute atomic E-state index is 12.2. The molecule has 4 heteroatoms. The largest absolute Gasteiger partial charge is 0.449 e. The van der Waals surface area contributed by atoms with E-state index in [1.165, 1.54) is 22.3 Å². The third-order valence-corrected chi connectivity index (χ3v) is 5.42. The van der Waals surface area contributed by atoms with Crippen molar-refractivity contribution < 1.29 is 14.6 Å². The lowest BCUT2D eigenvalue weighted by atomic mass is 9.98. The van der Waals surface area contributed by atoms with Gasteiger partial charge in [-0.25, -0.2) is 4.79 Å². The third kappa shape index (κ3) is 4.96. The second-order valence-corrected chi connectivity index (χ2v) is 7.48. The molecule has 0 atom stereocenters. The van der Waals surface area contributed by atoms with E-state index in [1.54, 1.807) is 0 Å². The van der Waals surface area contributed by atoms with Crippen molar-refractivity contribution >= 4 is 6.09 Å². The van der Waals surface area contributed by atoms with Crippen LogP contribution in [0.25, 0.3) is 11.1 Å². The van der Waals surface area contributed by atoms with Gasteiger partial charge in [-0.05, 0) is 46.4 Å². The number of benzene rings is 3. The summed E-state index contributed by atoms with van der Waals surface area (Å²) < 4.78 is 5.53. The fourth-order valence-corrected chi connectivity index (χ4v) is 3.97. The van der Waals surface area contributed by atoms with Crippen molar-refractivity contribution in [1.82, 2.24) is 5.32 Å². The molecular formula is C27H25NO3. The minimum atomic E-state index is -0.423. The third-order valence-electron chi connectivity index (χ3n) is 5.42. The van der Waals surface area contributed by atoms with Crippen LogP contribution in [0.4, 0.5) is 4.79 Å². The fraction of sp³-hybridized carbons (Fsp3) is 0.222. The smallest absolute Gasteiger partial charge is 0.407 e. The van der Waals surface area contributed by atoms with Gasteiger partial charge in [-0.2, -0.15) is 0 Å². The number of ether oxygens (including phenoxy) is 1. The number of alkyl carbamates (subject to hydrolysis) is 1. The molecule has 0 fully saturated rings. The lowest BCUT2D eigenvalue weighted by molar-refractivity contribution is 0.143. The molecule has 1 aliphatic rings. The van der Waals surface area contributed by atoms with Gasteiger partial charge in [-0.1, -0.05) is 72.5 Å². The number of hydrogen-bond acceptors (Lipinski definition) is 3. The van der Waals surface area contributed by atoms with E-state index in [2.05, 4.69) is 41.4 Å². The first-order chi connectivity index (χ1) is 15.3. The summed E-state index contributed by atoms with van der Waals surface area (Å²) in [5.74, 6) is 6.22. The summed E-state index contributed by atoms with van der Waals surface area (Å²) in [6, 6.07) is 24.4. The van der Waals surface area contributed by atoms with Crippen molar-refractivity contribution in [1.29, 1.82) is 0 Å². The van der Waals surface area contributed by atoms with Crippen LogP contribution < -0.4 is 5.32 Å². The molecule has 156 valence electrons. The number of rotatable bonds is 6. The molecular weight excluding hydrogens is 386 g/mol. The molecule has 0 aliphatic heterocycles. The first-order valence-electron chi connectivity index (χ1n) is 10.5. The Morgan fingerprint density at radius 3 is 2.39 bits per heavy atom. The Morgan fingerprint density at radius 1 is 0.968 bits per heavy atom. The Hall–Kier alpha value is -3.55. The molecule has 0 heterocycles. The lowest BCUT2D eigenvalue weighted by Gasteiger charge is -2.14. The van der Waals surface area contributed by atoms with E-state index in [9.17, 15) is 4.79 Å². The average Bonchev–Trinajstić information content (AvgIpc) is 3.12. The zero-order valence-corrected chi connectivity index (χ0v) is 17.3. The van der Waals surface area contributed by atoms with Crippen molar-refractivity contribution in [2.75, 3.05) is 19.8 Å². The molecule has 1 amide bonds. The number of aliphatic hydroxyl groups excluding tert-OH is 1. The van der Waals surface area contributed by atoms with Gasteiger partial charge in [0.1, 0.15) is 6.61 Å². The van der Waals surface area contributed by atoms with Gasteiger partial charge in [0.25, 0.3) is 0 Å². The SMILES string of the molecule is O=C(NCCC#Cc1cccc(CCO)c1)OCC1c2ccccc2-c2ccccc21. The second-order valence-electron chi connectivity index (χ2n) is 7.48. The number of nitrogens with one attached hydrogen (secondary N) is 1. The van der Waals surface area contributed by atoms with Crippen LogP contribution in [0, 0.1) is 11.8 Å². The van der Waals surface area contributed by atoms with E-state index in [4.69, 9.17) is 9.84 Å². The summed E-state index contributed by atoms with van der Waals surface area (Å²) in [6.45, 7) is 0.865. The molecule has 3 aromatic rings. The zero-order chi connectivity index (χ0) is 21.5. The number of amides is 1. The van der Waals surface area contributed by atoms with Crippen molar-refractivity contribution in [3.63, 3.8) is 0 Å². The quantitative estimate of drug-likeness (QED) is 0.464. The van der Waals surface area contributed by atoms with E-state index in [1.807, 2.05) is 48.5 Å². The molecule has 2 N–H and O–H groups in total. The van der Waals surface area contributed by atoms with Crippen LogP contribution in [-0.2, 0) is 11.2 Å². The molecule has 0 saturated carbocycles. The Bertz CT molecular complexity index is 1080. The van der Waals surface area contributed by atoms with E-state index < -0.39 is 6.09 Å². The normalized spacial score (nSPS) is 11.8. The summed E-state index contributed by atoms with van der Waals surface area (Å²) >= 11 is 0. The van der Waals surface area contributed by atoms with Crippen LogP contribution in [-0.4, -0.2) is 31.0 Å². The first-order valence-corrected chi connectivity index (χ1v) is 10.5. The van der Waals surface area contributed by atoms with Crippen LogP contribution >= 0.6 is 0 Å². The average molecular weight is 412 g/mol. The van der Waals surface area contributed by atoms with Gasteiger partial charge < -0.3 is 15.2 Å². The second kappa shape index (κ2) is 9.97. The highest BCUT2D eigenvalue weighted by molar-refractivity contribution is 5.79. The molecule has 0 unspecified atom stereocenters. The van der Waals surface area contributed by atoms with Gasteiger partial charge in [0, 0.05) is 31.1 Å². The van der Waals surface area contributed by atoms with Gasteiger partial charge in [0.2, 0.25) is 0 Å². The van der Waals surface area contributed by atoms with Crippen LogP contribution in [0.3, 0.4) is 0 Å². The Labute approximate surface area is 182 Å². The van der Waals surface area contributed by atoms with E-state index in [-0.39, 0.29) is 12.5 Å². The minimum Gasteiger partial charge on any atom is -0.449 e. The molecule has 0 aromatic heterocycles. The molecule has 4 rings (SSSR count). The lowest BCUT2D eigenvalue weighted by Crippen LogP contribution is -2.26. The van der Waals surface area contributed by atoms with Crippen LogP contribution in [0.5, 0.6) is 0 Å². The monoisotopic (exact) mass is 411 g/mol. The standard InChI is InChI=1S/C27H25NO3/c29-17-15-21-10-7-9-20(18-21)8-5-6-16-28-27(30)31-19-26-24-13-3-1-11-22(24)23-12-2-4-14-25(23)26/h1-4,7,9-14,18,26,29H,6,15-17,19H2,(H,28,30). The molecule has 3 aromatic carbocycles. The fourth-order valence-electron chi connectivity index (χ4n) is 3.97. The van der Waals surface area contributed by atoms with E-state index in [0.29, 0.717) is 26.0 Å². The van der Waals surface area contributed by atoms with Gasteiger partial charge in [-0.3, -0.25) is 0 Å². The van der Waals surface area contributed by atoms with Crippen molar-refractivity contribution in [3.8, 4) is 23.0 Å². The van der Waals surface area contributed by atoms with Crippen molar-refractivity contribution in [3.05, 3.63) is 95.1 Å². The Kier molecular flexibility index (Phi) is 6.66. The summed E-state index contributed by atoms with van der Waals surface area (Å²) in [5, 5.41) is 11.8. The van der Waals surface area contributed by atoms with Gasteiger partial charge in [0.05, 0.1) is 0 Å². The highest BCUT2D eigenvalue weighted by atomic mass is 16.5. The van der Waals surface area contributed by atoms with Crippen LogP contribution in [0.1, 0.15) is 34.6 Å². The van der Waals surface area contributed by atoms with E-state index >= 15 is 0 Å². The number of carbonyl (C=O) groups excluding carboxylic acids is 1. The molecule has 0 radical (unpaired) electrons. The Balaban J connectivity index is 1.27. The molecule has 4 nitrogen and oxygen atoms in total. The molecule has 0 bridgehead atoms. The number of aliphatic hydroxyl groups is 1. The predicted molar refractivity (Wildman–Crippen MR) is 122 cm³/mol. The number of carbonyl (C=O) groups is 1. The first kappa shape index (κ1) is 20.7. The van der Waals surface area contributed by atoms with Crippen LogP contribution in [0.2, 0.25) is 0 Å². The summed E-state index contributed by atoms with van der Waals surface area (Å²) in [4.78, 5) is 12.2. The summed E-state index contributed by atoms with van der Waals surface area (Å²) in [5.41, 5.74) is 6.80. The van der Waals surface area contributed by atoms with Gasteiger partial charge >= 0.3 is 6.09 Å². The van der Waals surface area contributed by atoms with E-state index in [0.717, 1.165) is 11.1 Å². The number of hydrogen-bond donors (Lipinski definition) is 2. The highest BCUT2D eigenvalue weighted by Crippen LogP contribution is 2.44. The minimum absolute atomic E-state index is 0.0594.